The molecule has 8 rings (SSSR count). The summed E-state index contributed by atoms with van der Waals surface area (Å²) in [5.74, 6) is 0. The molecular weight excluding hydrogens is 541 g/mol. The molecule has 0 fully saturated rings. The molecule has 0 aliphatic rings. The first-order valence-corrected chi connectivity index (χ1v) is 15.7. The van der Waals surface area contributed by atoms with Crippen LogP contribution in [-0.4, -0.2) is 4.57 Å². The molecule has 6 aromatic carbocycles. The van der Waals surface area contributed by atoms with E-state index in [2.05, 4.69) is 170 Å². The van der Waals surface area contributed by atoms with Crippen molar-refractivity contribution in [3.05, 3.63) is 140 Å². The molecule has 2 nitrogen and oxygen atoms in total. The Bertz CT molecular complexity index is 2260. The standard InChI is InChI=1S/C40H32N2S/c1-40(2,3)42-35-17-9-7-14-31(35)34-26-28(22-25-36(34)42)27-20-23-30(24-21-27)41(29-12-5-4-6-13-29)37-18-11-16-33-32-15-8-10-19-38(32)43-39(33)37/h4-26H,1-3H3. The fourth-order valence-corrected chi connectivity index (χ4v) is 7.80. The number of fused-ring (bicyclic) bond motifs is 6. The van der Waals surface area contributed by atoms with Crippen molar-refractivity contribution in [2.75, 3.05) is 4.90 Å². The highest BCUT2D eigenvalue weighted by Crippen LogP contribution is 2.45. The lowest BCUT2D eigenvalue weighted by molar-refractivity contribution is 0.423. The second-order valence-corrected chi connectivity index (χ2v) is 13.3. The highest BCUT2D eigenvalue weighted by atomic mass is 32.1. The molecule has 0 atom stereocenters. The fourth-order valence-electron chi connectivity index (χ4n) is 6.59. The Labute approximate surface area is 256 Å². The van der Waals surface area contributed by atoms with Crippen LogP contribution in [0.15, 0.2) is 140 Å². The van der Waals surface area contributed by atoms with Gasteiger partial charge in [-0.15, -0.1) is 11.3 Å². The zero-order chi connectivity index (χ0) is 29.1. The van der Waals surface area contributed by atoms with Crippen molar-refractivity contribution in [3.8, 4) is 11.1 Å². The molecule has 0 aliphatic carbocycles. The monoisotopic (exact) mass is 572 g/mol. The van der Waals surface area contributed by atoms with E-state index in [0.29, 0.717) is 0 Å². The average molecular weight is 573 g/mol. The van der Waals surface area contributed by atoms with Gasteiger partial charge in [-0.3, -0.25) is 0 Å². The van der Waals surface area contributed by atoms with Crippen LogP contribution < -0.4 is 4.90 Å². The van der Waals surface area contributed by atoms with Gasteiger partial charge in [-0.25, -0.2) is 0 Å². The average Bonchev–Trinajstić information content (AvgIpc) is 3.58. The Balaban J connectivity index is 1.26. The summed E-state index contributed by atoms with van der Waals surface area (Å²) < 4.78 is 5.09. The van der Waals surface area contributed by atoms with E-state index in [1.54, 1.807) is 0 Å². The lowest BCUT2D eigenvalue weighted by Crippen LogP contribution is -2.21. The van der Waals surface area contributed by atoms with Crippen LogP contribution >= 0.6 is 11.3 Å². The molecule has 43 heavy (non-hydrogen) atoms. The van der Waals surface area contributed by atoms with Gasteiger partial charge in [-0.1, -0.05) is 84.9 Å². The maximum atomic E-state index is 2.47. The quantitative estimate of drug-likeness (QED) is 0.204. The number of anilines is 3. The molecule has 8 aromatic rings. The van der Waals surface area contributed by atoms with Crippen molar-refractivity contribution in [2.45, 2.75) is 26.3 Å². The second-order valence-electron chi connectivity index (χ2n) is 12.2. The molecule has 0 saturated heterocycles. The first-order chi connectivity index (χ1) is 21.0. The number of rotatable bonds is 4. The number of hydrogen-bond acceptors (Lipinski definition) is 2. The fraction of sp³-hybridized carbons (Fsp3) is 0.100. The van der Waals surface area contributed by atoms with Crippen molar-refractivity contribution < 1.29 is 0 Å². The molecule has 0 amide bonds. The summed E-state index contributed by atoms with van der Waals surface area (Å²) in [6.45, 7) is 6.84. The Morgan fingerprint density at radius 1 is 0.512 bits per heavy atom. The normalized spacial score (nSPS) is 12.1. The third-order valence-corrected chi connectivity index (χ3v) is 9.65. The van der Waals surface area contributed by atoms with Crippen LogP contribution in [0.5, 0.6) is 0 Å². The number of nitrogens with zero attached hydrogens (tertiary/aromatic N) is 2. The van der Waals surface area contributed by atoms with Gasteiger partial charge in [0, 0.05) is 54.2 Å². The van der Waals surface area contributed by atoms with Crippen molar-refractivity contribution in [1.29, 1.82) is 0 Å². The summed E-state index contributed by atoms with van der Waals surface area (Å²) in [5, 5.41) is 5.22. The maximum Gasteiger partial charge on any atom is 0.0640 e. The number of thiophene rings is 1. The van der Waals surface area contributed by atoms with Gasteiger partial charge in [0.1, 0.15) is 0 Å². The van der Waals surface area contributed by atoms with Gasteiger partial charge >= 0.3 is 0 Å². The van der Waals surface area contributed by atoms with Crippen LogP contribution in [0.25, 0.3) is 53.1 Å². The van der Waals surface area contributed by atoms with E-state index in [1.807, 2.05) is 11.3 Å². The molecule has 0 unspecified atom stereocenters. The van der Waals surface area contributed by atoms with Crippen LogP contribution in [0.3, 0.4) is 0 Å². The molecule has 0 saturated carbocycles. The lowest BCUT2D eigenvalue weighted by Gasteiger charge is -2.26. The number of hydrogen-bond donors (Lipinski definition) is 0. The third kappa shape index (κ3) is 4.23. The van der Waals surface area contributed by atoms with E-state index in [0.717, 1.165) is 11.4 Å². The van der Waals surface area contributed by atoms with E-state index >= 15 is 0 Å². The third-order valence-electron chi connectivity index (χ3n) is 8.44. The molecule has 0 aliphatic heterocycles. The van der Waals surface area contributed by atoms with Gasteiger partial charge in [-0.2, -0.15) is 0 Å². The minimum atomic E-state index is -0.0112. The minimum Gasteiger partial charge on any atom is -0.335 e. The number of benzene rings is 6. The summed E-state index contributed by atoms with van der Waals surface area (Å²) >= 11 is 1.87. The van der Waals surface area contributed by atoms with Crippen LogP contribution in [-0.2, 0) is 5.54 Å². The summed E-state index contributed by atoms with van der Waals surface area (Å²) in [4.78, 5) is 2.39. The first kappa shape index (κ1) is 25.8. The zero-order valence-corrected chi connectivity index (χ0v) is 25.4. The molecule has 3 heteroatoms. The van der Waals surface area contributed by atoms with Gasteiger partial charge in [-0.05, 0) is 86.5 Å². The minimum absolute atomic E-state index is 0.0112. The smallest absolute Gasteiger partial charge is 0.0640 e. The van der Waals surface area contributed by atoms with E-state index in [9.17, 15) is 0 Å². The molecule has 0 radical (unpaired) electrons. The highest BCUT2D eigenvalue weighted by Gasteiger charge is 2.21. The van der Waals surface area contributed by atoms with Gasteiger partial charge in [0.2, 0.25) is 0 Å². The highest BCUT2D eigenvalue weighted by molar-refractivity contribution is 7.26. The molecule has 0 bridgehead atoms. The van der Waals surface area contributed by atoms with Crippen molar-refractivity contribution in [3.63, 3.8) is 0 Å². The summed E-state index contributed by atoms with van der Waals surface area (Å²) in [5.41, 5.74) is 8.49. The Kier molecular flexibility index (Phi) is 5.92. The van der Waals surface area contributed by atoms with Gasteiger partial charge in [0.15, 0.2) is 0 Å². The lowest BCUT2D eigenvalue weighted by atomic mass is 10.0. The van der Waals surface area contributed by atoms with Crippen LogP contribution in [0, 0.1) is 0 Å². The Morgan fingerprint density at radius 3 is 1.93 bits per heavy atom. The summed E-state index contributed by atoms with van der Waals surface area (Å²) in [7, 11) is 0. The molecular formula is C40H32N2S. The van der Waals surface area contributed by atoms with Crippen LogP contribution in [0.1, 0.15) is 20.8 Å². The maximum absolute atomic E-state index is 2.47. The van der Waals surface area contributed by atoms with Crippen molar-refractivity contribution >= 4 is 70.4 Å². The summed E-state index contributed by atoms with van der Waals surface area (Å²) in [6, 6.07) is 50.8. The number of para-hydroxylation sites is 2. The summed E-state index contributed by atoms with van der Waals surface area (Å²) in [6.07, 6.45) is 0. The molecule has 2 aromatic heterocycles. The Hall–Kier alpha value is -4.86. The first-order valence-electron chi connectivity index (χ1n) is 14.9. The van der Waals surface area contributed by atoms with E-state index < -0.39 is 0 Å². The van der Waals surface area contributed by atoms with Crippen LogP contribution in [0.2, 0.25) is 0 Å². The van der Waals surface area contributed by atoms with Crippen LogP contribution in [0.4, 0.5) is 17.1 Å². The van der Waals surface area contributed by atoms with E-state index in [-0.39, 0.29) is 5.54 Å². The van der Waals surface area contributed by atoms with E-state index in [1.165, 1.54) is 58.8 Å². The Morgan fingerprint density at radius 2 is 1.14 bits per heavy atom. The molecule has 2 heterocycles. The SMILES string of the molecule is CC(C)(C)n1c2ccccc2c2cc(-c3ccc(N(c4ccccc4)c4cccc5c4sc4ccccc45)cc3)ccc21. The second kappa shape index (κ2) is 9.86. The topological polar surface area (TPSA) is 8.17 Å². The van der Waals surface area contributed by atoms with Gasteiger partial charge in [0.05, 0.1) is 10.4 Å². The van der Waals surface area contributed by atoms with E-state index in [4.69, 9.17) is 0 Å². The number of aromatic nitrogens is 1. The van der Waals surface area contributed by atoms with Crippen molar-refractivity contribution in [1.82, 2.24) is 4.57 Å². The van der Waals surface area contributed by atoms with Gasteiger partial charge < -0.3 is 9.47 Å². The predicted molar refractivity (Wildman–Crippen MR) is 187 cm³/mol. The predicted octanol–water partition coefficient (Wildman–Crippen LogP) is 12.1. The zero-order valence-electron chi connectivity index (χ0n) is 24.6. The largest absolute Gasteiger partial charge is 0.335 e. The van der Waals surface area contributed by atoms with Gasteiger partial charge in [0.25, 0.3) is 0 Å². The van der Waals surface area contributed by atoms with Crippen molar-refractivity contribution in [2.24, 2.45) is 0 Å². The molecule has 0 N–H and O–H groups in total. The molecule has 208 valence electrons. The molecule has 0 spiro atoms.